The Hall–Kier alpha value is -1.22. The summed E-state index contributed by atoms with van der Waals surface area (Å²) in [6, 6.07) is 0. The molecular formula is C43H79NO7. The number of rotatable bonds is 31. The van der Waals surface area contributed by atoms with E-state index in [0.717, 1.165) is 76.9 Å². The normalized spacial score (nSPS) is 21.7. The van der Waals surface area contributed by atoms with Crippen LogP contribution < -0.4 is 0 Å². The van der Waals surface area contributed by atoms with Gasteiger partial charge in [-0.05, 0) is 126 Å². The second-order valence-electron chi connectivity index (χ2n) is 16.6. The molecule has 0 aromatic rings. The van der Waals surface area contributed by atoms with Crippen molar-refractivity contribution < 1.29 is 33.6 Å². The number of esters is 2. The summed E-state index contributed by atoms with van der Waals surface area (Å²) in [6.45, 7) is 9.90. The van der Waals surface area contributed by atoms with E-state index in [2.05, 4.69) is 18.7 Å². The summed E-state index contributed by atoms with van der Waals surface area (Å²) < 4.78 is 24.1. The van der Waals surface area contributed by atoms with E-state index in [0.29, 0.717) is 45.7 Å². The van der Waals surface area contributed by atoms with Crippen LogP contribution in [0.5, 0.6) is 0 Å². The van der Waals surface area contributed by atoms with Crippen LogP contribution in [-0.2, 0) is 28.5 Å². The Morgan fingerprint density at radius 2 is 1.20 bits per heavy atom. The molecule has 0 spiro atoms. The molecule has 8 heteroatoms. The van der Waals surface area contributed by atoms with Gasteiger partial charge in [0.1, 0.15) is 0 Å². The second kappa shape index (κ2) is 26.5. The largest absolute Gasteiger partial charge is 0.466 e. The van der Waals surface area contributed by atoms with Crippen molar-refractivity contribution >= 4 is 11.9 Å². The van der Waals surface area contributed by atoms with Crippen LogP contribution in [0.3, 0.4) is 0 Å². The summed E-state index contributed by atoms with van der Waals surface area (Å²) in [6.07, 6.45) is 28.5. The maximum absolute atomic E-state index is 13.0. The first-order valence-electron chi connectivity index (χ1n) is 21.8. The van der Waals surface area contributed by atoms with Crippen molar-refractivity contribution in [2.45, 2.75) is 193 Å². The number of nitrogens with zero attached hydrogens (tertiary/aromatic N) is 1. The van der Waals surface area contributed by atoms with Gasteiger partial charge in [0.15, 0.2) is 6.29 Å². The average Bonchev–Trinajstić information content (AvgIpc) is 3.14. The molecule has 4 aliphatic rings. The van der Waals surface area contributed by atoms with Crippen molar-refractivity contribution in [2.24, 2.45) is 16.7 Å². The number of hydrogen-bond acceptors (Lipinski definition) is 8. The summed E-state index contributed by atoms with van der Waals surface area (Å²) in [7, 11) is 0. The Morgan fingerprint density at radius 1 is 0.667 bits per heavy atom. The molecule has 0 aromatic heterocycles. The third-order valence-corrected chi connectivity index (χ3v) is 12.5. The quantitative estimate of drug-likeness (QED) is 0.0430. The zero-order chi connectivity index (χ0) is 36.5. The van der Waals surface area contributed by atoms with Gasteiger partial charge in [-0.1, -0.05) is 78.1 Å². The number of hydrogen-bond donors (Lipinski definition) is 1. The molecule has 3 aliphatic carbocycles. The number of aliphatic hydroxyl groups excluding tert-OH is 1. The highest BCUT2D eigenvalue weighted by atomic mass is 16.7. The maximum atomic E-state index is 13.0. The van der Waals surface area contributed by atoms with E-state index in [9.17, 15) is 14.7 Å². The van der Waals surface area contributed by atoms with Gasteiger partial charge in [0.2, 0.25) is 0 Å². The van der Waals surface area contributed by atoms with E-state index in [-0.39, 0.29) is 35.7 Å². The van der Waals surface area contributed by atoms with Gasteiger partial charge < -0.3 is 29.0 Å². The fourth-order valence-corrected chi connectivity index (χ4v) is 8.76. The number of unbranched alkanes of at least 4 members (excludes halogenated alkanes) is 11. The van der Waals surface area contributed by atoms with Crippen LogP contribution in [0.4, 0.5) is 0 Å². The number of ether oxygens (including phenoxy) is 4. The number of likely N-dealkylation sites (tertiary alicyclic amines) is 1. The first-order chi connectivity index (χ1) is 24.9. The number of aliphatic hydroxyl groups is 1. The minimum atomic E-state index is -0.358. The summed E-state index contributed by atoms with van der Waals surface area (Å²) in [5, 5.41) is 9.22. The van der Waals surface area contributed by atoms with Crippen LogP contribution in [-0.4, -0.2) is 80.9 Å². The fraction of sp³-hybridized carbons (Fsp3) is 0.953. The number of piperidine rings is 1. The monoisotopic (exact) mass is 722 g/mol. The highest BCUT2D eigenvalue weighted by Crippen LogP contribution is 2.52. The van der Waals surface area contributed by atoms with Crippen LogP contribution in [0.1, 0.15) is 187 Å². The lowest BCUT2D eigenvalue weighted by Gasteiger charge is -2.46. The Bertz CT molecular complexity index is 865. The van der Waals surface area contributed by atoms with Gasteiger partial charge in [-0.3, -0.25) is 9.59 Å². The average molecular weight is 722 g/mol. The molecule has 3 saturated carbocycles. The van der Waals surface area contributed by atoms with Gasteiger partial charge in [0.25, 0.3) is 0 Å². The zero-order valence-corrected chi connectivity index (χ0v) is 33.2. The van der Waals surface area contributed by atoms with E-state index in [4.69, 9.17) is 18.9 Å². The Kier molecular flexibility index (Phi) is 23.0. The molecule has 4 fully saturated rings. The molecule has 1 saturated heterocycles. The van der Waals surface area contributed by atoms with Crippen molar-refractivity contribution in [3.63, 3.8) is 0 Å². The highest BCUT2D eigenvalue weighted by molar-refractivity contribution is 5.70. The molecule has 298 valence electrons. The SMILES string of the molecule is CCCCCCCCOC(CCC(=O)OCCC1(CCOC(=O)CC23CCC(CC2)CC3)CCN(CCCCO)CC1)OCCCCCCCC. The van der Waals surface area contributed by atoms with Crippen molar-refractivity contribution in [1.82, 2.24) is 4.90 Å². The molecule has 4 rings (SSSR count). The van der Waals surface area contributed by atoms with E-state index >= 15 is 0 Å². The second-order valence-corrected chi connectivity index (χ2v) is 16.6. The van der Waals surface area contributed by atoms with E-state index in [1.54, 1.807) is 0 Å². The molecular weight excluding hydrogens is 642 g/mol. The lowest BCUT2D eigenvalue weighted by Crippen LogP contribution is -2.42. The molecule has 51 heavy (non-hydrogen) atoms. The molecule has 0 radical (unpaired) electrons. The molecule has 0 atom stereocenters. The number of fused-ring (bicyclic) bond motifs is 3. The first kappa shape index (κ1) is 44.2. The molecule has 0 unspecified atom stereocenters. The Labute approximate surface area is 312 Å². The molecule has 1 aliphatic heterocycles. The topological polar surface area (TPSA) is 94.5 Å². The lowest BCUT2D eigenvalue weighted by molar-refractivity contribution is -0.160. The van der Waals surface area contributed by atoms with E-state index in [1.165, 1.54) is 103 Å². The van der Waals surface area contributed by atoms with Crippen molar-refractivity contribution in [1.29, 1.82) is 0 Å². The first-order valence-corrected chi connectivity index (χ1v) is 21.8. The molecule has 0 aromatic carbocycles. The van der Waals surface area contributed by atoms with Crippen LogP contribution in [0.25, 0.3) is 0 Å². The molecule has 1 heterocycles. The molecule has 2 bridgehead atoms. The third-order valence-electron chi connectivity index (χ3n) is 12.5. The molecule has 8 nitrogen and oxygen atoms in total. The van der Waals surface area contributed by atoms with Crippen molar-refractivity contribution in [2.75, 3.05) is 52.7 Å². The van der Waals surface area contributed by atoms with Gasteiger partial charge in [-0.2, -0.15) is 0 Å². The zero-order valence-electron chi connectivity index (χ0n) is 33.2. The minimum Gasteiger partial charge on any atom is -0.466 e. The van der Waals surface area contributed by atoms with Crippen LogP contribution in [0.15, 0.2) is 0 Å². The number of carbonyl (C=O) groups is 2. The minimum absolute atomic E-state index is 0.00175. The van der Waals surface area contributed by atoms with Crippen molar-refractivity contribution in [3.05, 3.63) is 0 Å². The highest BCUT2D eigenvalue weighted by Gasteiger charge is 2.42. The van der Waals surface area contributed by atoms with Crippen LogP contribution in [0, 0.1) is 16.7 Å². The van der Waals surface area contributed by atoms with Crippen molar-refractivity contribution in [3.8, 4) is 0 Å². The predicted molar refractivity (Wildman–Crippen MR) is 205 cm³/mol. The van der Waals surface area contributed by atoms with Gasteiger partial charge in [0.05, 0.1) is 26.1 Å². The van der Waals surface area contributed by atoms with E-state index in [1.807, 2.05) is 0 Å². The number of carbonyl (C=O) groups excluding carboxylic acids is 2. The standard InChI is InChI=1S/C43H79NO7/c1-3-5-7-9-11-15-33-50-41(51-34-16-12-10-8-6-4-2)18-17-39(46)48-35-27-42(25-30-44(31-26-42)29-13-14-32-45)28-36-49-40(47)37-43-22-19-38(20-23-43)21-24-43/h38,41,45H,3-37H2,1-2H3. The van der Waals surface area contributed by atoms with E-state index < -0.39 is 0 Å². The Morgan fingerprint density at radius 3 is 1.75 bits per heavy atom. The smallest absolute Gasteiger partial charge is 0.306 e. The summed E-state index contributed by atoms with van der Waals surface area (Å²) in [5.41, 5.74) is 0.188. The summed E-state index contributed by atoms with van der Waals surface area (Å²) >= 11 is 0. The Balaban J connectivity index is 1.42. The molecule has 0 amide bonds. The van der Waals surface area contributed by atoms with Gasteiger partial charge in [0, 0.05) is 26.2 Å². The predicted octanol–water partition coefficient (Wildman–Crippen LogP) is 9.93. The van der Waals surface area contributed by atoms with Crippen LogP contribution >= 0.6 is 0 Å². The third kappa shape index (κ3) is 18.6. The summed E-state index contributed by atoms with van der Waals surface area (Å²) in [4.78, 5) is 28.5. The fourth-order valence-electron chi connectivity index (χ4n) is 8.76. The van der Waals surface area contributed by atoms with Gasteiger partial charge in [-0.25, -0.2) is 0 Å². The summed E-state index contributed by atoms with van der Waals surface area (Å²) in [5.74, 6) is 0.681. The van der Waals surface area contributed by atoms with Gasteiger partial charge >= 0.3 is 11.9 Å². The lowest BCUT2D eigenvalue weighted by atomic mass is 9.59. The van der Waals surface area contributed by atoms with Crippen LogP contribution in [0.2, 0.25) is 0 Å². The maximum Gasteiger partial charge on any atom is 0.306 e. The molecule has 1 N–H and O–H groups in total. The van der Waals surface area contributed by atoms with Gasteiger partial charge in [-0.15, -0.1) is 0 Å².